The lowest BCUT2D eigenvalue weighted by molar-refractivity contribution is 0.497. The zero-order chi connectivity index (χ0) is 21.9. The van der Waals surface area contributed by atoms with Crippen molar-refractivity contribution in [2.24, 2.45) is 15.4 Å². The monoisotopic (exact) mass is 402 g/mol. The molecule has 4 rings (SSSR count). The van der Waals surface area contributed by atoms with Gasteiger partial charge in [-0.25, -0.2) is 4.98 Å². The molecule has 3 aromatic rings. The number of nitrogens with zero attached hydrogens (tertiary/aromatic N) is 3. The summed E-state index contributed by atoms with van der Waals surface area (Å²) in [6.07, 6.45) is 4.38. The number of rotatable bonds is 2. The van der Waals surface area contributed by atoms with Crippen LogP contribution in [0, 0.1) is 5.41 Å². The standard InChI is InChI=1S/C22H24N6.C2H6/c1-22(2,3)20-12-26-18(8-9-25-20)21-27-17-7-5-14(11-19(17)28-21)13-4-6-15(23)16(24)10-13;1-2/h4-7,9-12H,8,23-24H2,1-3H3,(H,27,28);1-2H3. The number of H-pyrrole nitrogens is 1. The van der Waals surface area contributed by atoms with Gasteiger partial charge in [0.2, 0.25) is 0 Å². The van der Waals surface area contributed by atoms with Gasteiger partial charge < -0.3 is 16.5 Å². The number of allylic oxidation sites excluding steroid dienone is 1. The Morgan fingerprint density at radius 2 is 1.63 bits per heavy atom. The maximum absolute atomic E-state index is 5.95. The van der Waals surface area contributed by atoms with Crippen LogP contribution in [0.25, 0.3) is 22.2 Å². The lowest BCUT2D eigenvalue weighted by Gasteiger charge is -2.17. The minimum atomic E-state index is -0.0425. The van der Waals surface area contributed by atoms with Crippen molar-refractivity contribution in [1.82, 2.24) is 9.97 Å². The summed E-state index contributed by atoms with van der Waals surface area (Å²) in [5.41, 5.74) is 18.6. The Kier molecular flexibility index (Phi) is 6.06. The number of fused-ring (bicyclic) bond motifs is 1. The van der Waals surface area contributed by atoms with Crippen LogP contribution < -0.4 is 11.5 Å². The van der Waals surface area contributed by atoms with Crippen LogP contribution in [0.2, 0.25) is 0 Å². The molecule has 2 aromatic carbocycles. The highest BCUT2D eigenvalue weighted by molar-refractivity contribution is 6.07. The molecule has 0 radical (unpaired) electrons. The molecule has 156 valence electrons. The van der Waals surface area contributed by atoms with Crippen molar-refractivity contribution in [1.29, 1.82) is 0 Å². The molecule has 0 unspecified atom stereocenters. The number of hydrogen-bond donors (Lipinski definition) is 3. The molecule has 5 N–H and O–H groups in total. The van der Waals surface area contributed by atoms with Gasteiger partial charge in [0.1, 0.15) is 0 Å². The molecule has 0 saturated carbocycles. The van der Waals surface area contributed by atoms with Gasteiger partial charge in [-0.15, -0.1) is 0 Å². The Morgan fingerprint density at radius 3 is 2.33 bits per heavy atom. The van der Waals surface area contributed by atoms with Gasteiger partial charge in [-0.1, -0.05) is 46.8 Å². The molecular weight excluding hydrogens is 372 g/mol. The Morgan fingerprint density at radius 1 is 0.933 bits per heavy atom. The Hall–Kier alpha value is -3.41. The van der Waals surface area contributed by atoms with E-state index < -0.39 is 0 Å². The first-order chi connectivity index (χ1) is 14.3. The maximum Gasteiger partial charge on any atom is 0.153 e. The van der Waals surface area contributed by atoms with Gasteiger partial charge in [-0.3, -0.25) is 9.98 Å². The second kappa shape index (κ2) is 8.53. The first-order valence-electron chi connectivity index (χ1n) is 10.3. The molecular formula is C24H30N6. The van der Waals surface area contributed by atoms with Crippen LogP contribution in [-0.4, -0.2) is 21.9 Å². The molecule has 6 heteroatoms. The Labute approximate surface area is 177 Å². The molecule has 1 aliphatic rings. The molecule has 0 bridgehead atoms. The summed E-state index contributed by atoms with van der Waals surface area (Å²) in [6, 6.07) is 11.8. The van der Waals surface area contributed by atoms with Crippen molar-refractivity contribution in [2.75, 3.05) is 11.5 Å². The summed E-state index contributed by atoms with van der Waals surface area (Å²) in [6.45, 7) is 10.4. The van der Waals surface area contributed by atoms with Gasteiger partial charge in [-0.05, 0) is 35.4 Å². The molecule has 30 heavy (non-hydrogen) atoms. The lowest BCUT2D eigenvalue weighted by atomic mass is 9.93. The topological polar surface area (TPSA) is 105 Å². The zero-order valence-corrected chi connectivity index (χ0v) is 18.3. The van der Waals surface area contributed by atoms with Crippen LogP contribution in [0.15, 0.2) is 58.3 Å². The van der Waals surface area contributed by atoms with Gasteiger partial charge in [0.25, 0.3) is 0 Å². The van der Waals surface area contributed by atoms with E-state index >= 15 is 0 Å². The molecule has 0 fully saturated rings. The average molecular weight is 403 g/mol. The third-order valence-corrected chi connectivity index (χ3v) is 4.80. The highest BCUT2D eigenvalue weighted by Gasteiger charge is 2.18. The normalized spacial score (nSPS) is 13.9. The summed E-state index contributed by atoms with van der Waals surface area (Å²) in [5, 5.41) is 0. The zero-order valence-electron chi connectivity index (χ0n) is 18.3. The predicted octanol–water partition coefficient (Wildman–Crippen LogP) is 5.57. The minimum absolute atomic E-state index is 0.0425. The number of aliphatic imine (C=N–C) groups is 2. The van der Waals surface area contributed by atoms with E-state index in [4.69, 9.17) is 16.5 Å². The van der Waals surface area contributed by atoms with Crippen molar-refractivity contribution in [3.63, 3.8) is 0 Å². The Balaban J connectivity index is 0.00000124. The van der Waals surface area contributed by atoms with E-state index in [0.29, 0.717) is 17.8 Å². The second-order valence-corrected chi connectivity index (χ2v) is 8.02. The van der Waals surface area contributed by atoms with E-state index in [1.54, 1.807) is 0 Å². The maximum atomic E-state index is 5.95. The van der Waals surface area contributed by atoms with Crippen LogP contribution in [0.5, 0.6) is 0 Å². The third kappa shape index (κ3) is 4.43. The fourth-order valence-corrected chi connectivity index (χ4v) is 3.08. The first-order valence-corrected chi connectivity index (χ1v) is 10.3. The van der Waals surface area contributed by atoms with E-state index in [0.717, 1.165) is 39.4 Å². The molecule has 0 amide bonds. The van der Waals surface area contributed by atoms with Crippen LogP contribution in [-0.2, 0) is 0 Å². The molecule has 0 aliphatic carbocycles. The number of benzene rings is 2. The fourth-order valence-electron chi connectivity index (χ4n) is 3.08. The molecule has 1 aromatic heterocycles. The van der Waals surface area contributed by atoms with Crippen LogP contribution in [0.3, 0.4) is 0 Å². The van der Waals surface area contributed by atoms with Gasteiger partial charge in [0.15, 0.2) is 5.82 Å². The fraction of sp³-hybridized carbons (Fsp3) is 0.292. The average Bonchev–Trinajstić information content (AvgIpc) is 2.97. The quantitative estimate of drug-likeness (QED) is 0.488. The summed E-state index contributed by atoms with van der Waals surface area (Å²) in [5.74, 6) is 0.766. The van der Waals surface area contributed by atoms with Crippen molar-refractivity contribution < 1.29 is 0 Å². The van der Waals surface area contributed by atoms with Crippen molar-refractivity contribution in [3.05, 3.63) is 54.1 Å². The van der Waals surface area contributed by atoms with Crippen molar-refractivity contribution >= 4 is 34.3 Å². The van der Waals surface area contributed by atoms with E-state index in [2.05, 4.69) is 41.8 Å². The van der Waals surface area contributed by atoms with E-state index in [1.807, 2.05) is 56.6 Å². The van der Waals surface area contributed by atoms with Gasteiger partial charge >= 0.3 is 0 Å². The minimum Gasteiger partial charge on any atom is -0.397 e. The molecule has 1 aliphatic heterocycles. The third-order valence-electron chi connectivity index (χ3n) is 4.80. The number of anilines is 2. The van der Waals surface area contributed by atoms with Gasteiger partial charge in [-0.2, -0.15) is 0 Å². The predicted molar refractivity (Wildman–Crippen MR) is 129 cm³/mol. The van der Waals surface area contributed by atoms with Crippen LogP contribution in [0.4, 0.5) is 11.4 Å². The largest absolute Gasteiger partial charge is 0.397 e. The molecule has 0 atom stereocenters. The number of imidazole rings is 1. The van der Waals surface area contributed by atoms with Crippen LogP contribution in [0.1, 0.15) is 46.9 Å². The van der Waals surface area contributed by atoms with Crippen LogP contribution >= 0.6 is 0 Å². The number of hydrogen-bond acceptors (Lipinski definition) is 5. The molecule has 6 nitrogen and oxygen atoms in total. The first kappa shape index (κ1) is 21.3. The lowest BCUT2D eigenvalue weighted by Crippen LogP contribution is -2.07. The van der Waals surface area contributed by atoms with Gasteiger partial charge in [0, 0.05) is 24.3 Å². The van der Waals surface area contributed by atoms with E-state index in [-0.39, 0.29) is 5.41 Å². The van der Waals surface area contributed by atoms with Crippen molar-refractivity contribution in [2.45, 2.75) is 41.0 Å². The summed E-state index contributed by atoms with van der Waals surface area (Å²) < 4.78 is 0. The van der Waals surface area contributed by atoms with E-state index in [1.165, 1.54) is 0 Å². The molecule has 0 spiro atoms. The number of nitrogens with one attached hydrogen (secondary N) is 1. The van der Waals surface area contributed by atoms with E-state index in [9.17, 15) is 0 Å². The highest BCUT2D eigenvalue weighted by Crippen LogP contribution is 2.29. The Bertz CT molecular complexity index is 1140. The number of aromatic nitrogens is 2. The molecule has 2 heterocycles. The summed E-state index contributed by atoms with van der Waals surface area (Å²) >= 11 is 0. The summed E-state index contributed by atoms with van der Waals surface area (Å²) in [4.78, 5) is 17.3. The highest BCUT2D eigenvalue weighted by atomic mass is 15.0. The molecule has 0 saturated heterocycles. The van der Waals surface area contributed by atoms with Crippen molar-refractivity contribution in [3.8, 4) is 11.1 Å². The SMILES string of the molecule is CC.CC(C)(C)C1=CN=C(c2nc3ccc(-c4ccc(N)c(N)c4)cc3[nH]2)CC=N1. The van der Waals surface area contributed by atoms with Gasteiger partial charge in [0.05, 0.1) is 33.8 Å². The summed E-state index contributed by atoms with van der Waals surface area (Å²) in [7, 11) is 0. The number of nitrogens with two attached hydrogens (primary N) is 2. The smallest absolute Gasteiger partial charge is 0.153 e. The number of aromatic amines is 1. The second-order valence-electron chi connectivity index (χ2n) is 8.02. The number of nitrogen functional groups attached to an aromatic ring is 2.